The largest absolute Gasteiger partial charge is 0.453 e. The Kier molecular flexibility index (Phi) is 6.41. The van der Waals surface area contributed by atoms with Crippen LogP contribution in [0, 0.1) is 0 Å². The van der Waals surface area contributed by atoms with Gasteiger partial charge in [0.2, 0.25) is 0 Å². The second kappa shape index (κ2) is 6.87. The lowest BCUT2D eigenvalue weighted by atomic mass is 10.2. The van der Waals surface area contributed by atoms with Crippen molar-refractivity contribution in [1.29, 1.82) is 0 Å². The van der Waals surface area contributed by atoms with Crippen molar-refractivity contribution in [3.63, 3.8) is 0 Å². The summed E-state index contributed by atoms with van der Waals surface area (Å²) in [6, 6.07) is -0.0625. The number of hydrogen-bond donors (Lipinski definition) is 2. The van der Waals surface area contributed by atoms with E-state index in [-0.39, 0.29) is 6.04 Å². The van der Waals surface area contributed by atoms with E-state index in [0.717, 1.165) is 0 Å². The van der Waals surface area contributed by atoms with Crippen LogP contribution in [-0.4, -0.2) is 39.5 Å². The summed E-state index contributed by atoms with van der Waals surface area (Å²) in [6.45, 7) is 0.963. The van der Waals surface area contributed by atoms with Gasteiger partial charge in [0.05, 0.1) is 19.8 Å². The van der Waals surface area contributed by atoms with Crippen molar-refractivity contribution in [2.45, 2.75) is 12.5 Å². The third kappa shape index (κ3) is 4.92. The second-order valence-electron chi connectivity index (χ2n) is 2.37. The van der Waals surface area contributed by atoms with Crippen molar-refractivity contribution >= 4 is 6.09 Å². The maximum Gasteiger partial charge on any atom is 0.407 e. The first-order chi connectivity index (χ1) is 5.74. The van der Waals surface area contributed by atoms with E-state index in [1.807, 2.05) is 0 Å². The van der Waals surface area contributed by atoms with E-state index in [9.17, 15) is 4.79 Å². The van der Waals surface area contributed by atoms with Crippen molar-refractivity contribution in [3.05, 3.63) is 0 Å². The van der Waals surface area contributed by atoms with Crippen molar-refractivity contribution in [2.24, 2.45) is 5.73 Å². The van der Waals surface area contributed by atoms with Crippen LogP contribution in [0.4, 0.5) is 4.79 Å². The van der Waals surface area contributed by atoms with Crippen LogP contribution in [0.3, 0.4) is 0 Å². The molecule has 1 amide bonds. The van der Waals surface area contributed by atoms with E-state index < -0.39 is 6.09 Å². The van der Waals surface area contributed by atoms with Crippen molar-refractivity contribution in [2.75, 3.05) is 27.4 Å². The minimum atomic E-state index is -0.453. The van der Waals surface area contributed by atoms with Gasteiger partial charge in [0.15, 0.2) is 0 Å². The molecule has 0 fully saturated rings. The van der Waals surface area contributed by atoms with Gasteiger partial charge in [0, 0.05) is 7.11 Å². The molecular formula is C7H16N2O3. The molecule has 0 saturated heterocycles. The Labute approximate surface area is 72.2 Å². The number of alkyl carbamates (subject to hydrolysis) is 1. The first-order valence-electron chi connectivity index (χ1n) is 3.78. The maximum atomic E-state index is 10.7. The van der Waals surface area contributed by atoms with E-state index in [0.29, 0.717) is 19.6 Å². The normalized spacial score (nSPS) is 12.2. The minimum Gasteiger partial charge on any atom is -0.453 e. The highest BCUT2D eigenvalue weighted by Crippen LogP contribution is 1.91. The standard InChI is InChI=1S/C7H16N2O3/c1-11-5-6(3-4-8)9-7(10)12-2/h6H,3-5,8H2,1-2H3,(H,9,10). The van der Waals surface area contributed by atoms with Crippen molar-refractivity contribution < 1.29 is 14.3 Å². The molecule has 5 heteroatoms. The predicted octanol–water partition coefficient (Wildman–Crippen LogP) is -0.294. The molecule has 0 aromatic rings. The Bertz CT molecular complexity index is 124. The molecule has 1 atom stereocenters. The third-order valence-electron chi connectivity index (χ3n) is 1.39. The number of carbonyl (C=O) groups is 1. The molecule has 0 aromatic carbocycles. The first-order valence-corrected chi connectivity index (χ1v) is 3.78. The molecule has 0 aromatic heterocycles. The molecule has 72 valence electrons. The molecule has 0 aliphatic carbocycles. The van der Waals surface area contributed by atoms with Crippen LogP contribution in [0.5, 0.6) is 0 Å². The molecule has 0 saturated carbocycles. The Morgan fingerprint density at radius 1 is 1.58 bits per heavy atom. The predicted molar refractivity (Wildman–Crippen MR) is 44.9 cm³/mol. The summed E-state index contributed by atoms with van der Waals surface area (Å²) in [5.41, 5.74) is 5.33. The highest BCUT2D eigenvalue weighted by molar-refractivity contribution is 5.67. The smallest absolute Gasteiger partial charge is 0.407 e. The van der Waals surface area contributed by atoms with Crippen LogP contribution in [0.15, 0.2) is 0 Å². The Morgan fingerprint density at radius 3 is 2.67 bits per heavy atom. The zero-order valence-corrected chi connectivity index (χ0v) is 7.50. The molecule has 5 nitrogen and oxygen atoms in total. The van der Waals surface area contributed by atoms with Gasteiger partial charge in [-0.25, -0.2) is 4.79 Å². The van der Waals surface area contributed by atoms with Crippen LogP contribution in [0.1, 0.15) is 6.42 Å². The molecule has 0 rings (SSSR count). The summed E-state index contributed by atoms with van der Waals surface area (Å²) in [4.78, 5) is 10.7. The number of nitrogens with two attached hydrogens (primary N) is 1. The topological polar surface area (TPSA) is 73.6 Å². The number of methoxy groups -OCH3 is 2. The number of nitrogens with one attached hydrogen (secondary N) is 1. The number of ether oxygens (including phenoxy) is 2. The summed E-state index contributed by atoms with van der Waals surface area (Å²) in [6.07, 6.45) is 0.230. The van der Waals surface area contributed by atoms with Crippen LogP contribution in [0.2, 0.25) is 0 Å². The van der Waals surface area contributed by atoms with E-state index in [1.165, 1.54) is 7.11 Å². The molecule has 1 unspecified atom stereocenters. The number of amides is 1. The van der Waals surface area contributed by atoms with Gasteiger partial charge >= 0.3 is 6.09 Å². The lowest BCUT2D eigenvalue weighted by molar-refractivity contribution is 0.139. The number of rotatable bonds is 5. The van der Waals surface area contributed by atoms with Crippen LogP contribution < -0.4 is 11.1 Å². The fourth-order valence-electron chi connectivity index (χ4n) is 0.825. The average molecular weight is 176 g/mol. The van der Waals surface area contributed by atoms with Crippen LogP contribution in [0.25, 0.3) is 0 Å². The SMILES string of the molecule is COCC(CCN)NC(=O)OC. The number of carbonyl (C=O) groups excluding carboxylic acids is 1. The lowest BCUT2D eigenvalue weighted by Gasteiger charge is -2.15. The third-order valence-corrected chi connectivity index (χ3v) is 1.39. The molecule has 0 bridgehead atoms. The summed E-state index contributed by atoms with van der Waals surface area (Å²) in [5.74, 6) is 0. The van der Waals surface area contributed by atoms with E-state index in [2.05, 4.69) is 10.1 Å². The van der Waals surface area contributed by atoms with Crippen molar-refractivity contribution in [1.82, 2.24) is 5.32 Å². The van der Waals surface area contributed by atoms with Crippen LogP contribution in [-0.2, 0) is 9.47 Å². The van der Waals surface area contributed by atoms with Gasteiger partial charge in [-0.2, -0.15) is 0 Å². The summed E-state index contributed by atoms with van der Waals surface area (Å²) < 4.78 is 9.30. The Balaban J connectivity index is 3.68. The number of hydrogen-bond acceptors (Lipinski definition) is 4. The fraction of sp³-hybridized carbons (Fsp3) is 0.857. The highest BCUT2D eigenvalue weighted by Gasteiger charge is 2.10. The van der Waals surface area contributed by atoms with E-state index >= 15 is 0 Å². The minimum absolute atomic E-state index is 0.0625. The quantitative estimate of drug-likeness (QED) is 0.603. The average Bonchev–Trinajstić information content (AvgIpc) is 2.05. The summed E-state index contributed by atoms with van der Waals surface area (Å²) in [5, 5.41) is 2.60. The summed E-state index contributed by atoms with van der Waals surface area (Å²) >= 11 is 0. The maximum absolute atomic E-state index is 10.7. The van der Waals surface area contributed by atoms with Gasteiger partial charge in [-0.3, -0.25) is 0 Å². The van der Waals surface area contributed by atoms with Crippen LogP contribution >= 0.6 is 0 Å². The van der Waals surface area contributed by atoms with Crippen molar-refractivity contribution in [3.8, 4) is 0 Å². The molecule has 0 aliphatic rings. The van der Waals surface area contributed by atoms with Gasteiger partial charge < -0.3 is 20.5 Å². The molecule has 0 spiro atoms. The van der Waals surface area contributed by atoms with Gasteiger partial charge in [-0.05, 0) is 13.0 Å². The highest BCUT2D eigenvalue weighted by atomic mass is 16.5. The monoisotopic (exact) mass is 176 g/mol. The van der Waals surface area contributed by atoms with E-state index in [4.69, 9.17) is 10.5 Å². The van der Waals surface area contributed by atoms with Gasteiger partial charge in [0.1, 0.15) is 0 Å². The molecule has 0 radical (unpaired) electrons. The van der Waals surface area contributed by atoms with Gasteiger partial charge in [-0.15, -0.1) is 0 Å². The van der Waals surface area contributed by atoms with Gasteiger partial charge in [-0.1, -0.05) is 0 Å². The first kappa shape index (κ1) is 11.2. The fourth-order valence-corrected chi connectivity index (χ4v) is 0.825. The van der Waals surface area contributed by atoms with Gasteiger partial charge in [0.25, 0.3) is 0 Å². The zero-order chi connectivity index (χ0) is 9.40. The molecule has 3 N–H and O–H groups in total. The second-order valence-corrected chi connectivity index (χ2v) is 2.37. The zero-order valence-electron chi connectivity index (χ0n) is 7.50. The van der Waals surface area contributed by atoms with E-state index in [1.54, 1.807) is 7.11 Å². The molecule has 0 aliphatic heterocycles. The molecular weight excluding hydrogens is 160 g/mol. The Morgan fingerprint density at radius 2 is 2.25 bits per heavy atom. The molecule has 0 heterocycles. The lowest BCUT2D eigenvalue weighted by Crippen LogP contribution is -2.39. The Hall–Kier alpha value is -0.810. The molecule has 12 heavy (non-hydrogen) atoms. The summed E-state index contributed by atoms with van der Waals surface area (Å²) in [7, 11) is 2.89.